The number of para-hydroxylation sites is 1. The fraction of sp³-hybridized carbons (Fsp3) is 0.333. The van der Waals surface area contributed by atoms with Gasteiger partial charge in [-0.15, -0.1) is 0 Å². The van der Waals surface area contributed by atoms with Crippen LogP contribution >= 0.6 is 0 Å². The topological polar surface area (TPSA) is 47.0 Å². The molecule has 98 valence electrons. The van der Waals surface area contributed by atoms with Crippen LogP contribution in [-0.2, 0) is 6.42 Å². The number of rotatable bonds is 3. The maximum Gasteiger partial charge on any atom is 0.127 e. The summed E-state index contributed by atoms with van der Waals surface area (Å²) < 4.78 is 5.88. The highest BCUT2D eigenvalue weighted by Crippen LogP contribution is 2.35. The molecule has 0 amide bonds. The van der Waals surface area contributed by atoms with Gasteiger partial charge in [0.2, 0.25) is 0 Å². The number of ether oxygens (including phenoxy) is 1. The van der Waals surface area contributed by atoms with E-state index in [1.807, 2.05) is 13.1 Å². The Bertz CT molecular complexity index is 557. The molecule has 1 aliphatic rings. The van der Waals surface area contributed by atoms with E-state index in [4.69, 9.17) is 4.74 Å². The maximum atomic E-state index is 5.88. The van der Waals surface area contributed by atoms with Crippen molar-refractivity contribution in [3.8, 4) is 5.75 Å². The summed E-state index contributed by atoms with van der Waals surface area (Å²) in [5.41, 5.74) is 3.57. The second-order valence-electron chi connectivity index (χ2n) is 4.68. The van der Waals surface area contributed by atoms with Crippen LogP contribution in [0, 0.1) is 0 Å². The van der Waals surface area contributed by atoms with Crippen molar-refractivity contribution in [2.45, 2.75) is 18.9 Å². The lowest BCUT2D eigenvalue weighted by Gasteiger charge is -2.25. The molecule has 1 aromatic heterocycles. The Hall–Kier alpha value is -1.94. The smallest absolute Gasteiger partial charge is 0.127 e. The van der Waals surface area contributed by atoms with Crippen LogP contribution < -0.4 is 10.1 Å². The Kier molecular flexibility index (Phi) is 3.42. The molecule has 1 atom stereocenters. The van der Waals surface area contributed by atoms with Crippen LogP contribution in [0.15, 0.2) is 36.7 Å². The quantitative estimate of drug-likeness (QED) is 0.912. The number of hydrogen-bond acceptors (Lipinski definition) is 4. The Morgan fingerprint density at radius 1 is 1.26 bits per heavy atom. The second kappa shape index (κ2) is 5.36. The van der Waals surface area contributed by atoms with Crippen LogP contribution in [-0.4, -0.2) is 23.9 Å². The van der Waals surface area contributed by atoms with Gasteiger partial charge in [0.05, 0.1) is 18.8 Å². The van der Waals surface area contributed by atoms with Crippen molar-refractivity contribution >= 4 is 0 Å². The summed E-state index contributed by atoms with van der Waals surface area (Å²) >= 11 is 0. The van der Waals surface area contributed by atoms with Crippen LogP contribution in [0.5, 0.6) is 5.75 Å². The molecule has 0 aliphatic carbocycles. The van der Waals surface area contributed by atoms with E-state index in [-0.39, 0.29) is 6.04 Å². The summed E-state index contributed by atoms with van der Waals surface area (Å²) in [6.45, 7) is 0.801. The normalized spacial score (nSPS) is 15.4. The highest BCUT2D eigenvalue weighted by Gasteiger charge is 2.21. The van der Waals surface area contributed by atoms with Crippen molar-refractivity contribution in [1.82, 2.24) is 15.5 Å². The Morgan fingerprint density at radius 3 is 3.00 bits per heavy atom. The van der Waals surface area contributed by atoms with Gasteiger partial charge in [-0.05, 0) is 37.1 Å². The van der Waals surface area contributed by atoms with Crippen molar-refractivity contribution < 1.29 is 4.74 Å². The third-order valence-corrected chi connectivity index (χ3v) is 3.50. The zero-order valence-corrected chi connectivity index (χ0v) is 11.0. The van der Waals surface area contributed by atoms with E-state index in [0.29, 0.717) is 0 Å². The van der Waals surface area contributed by atoms with Crippen LogP contribution in [0.25, 0.3) is 0 Å². The van der Waals surface area contributed by atoms with E-state index in [9.17, 15) is 0 Å². The first-order chi connectivity index (χ1) is 9.40. The molecule has 0 saturated heterocycles. The first-order valence-electron chi connectivity index (χ1n) is 6.58. The number of benzene rings is 1. The third-order valence-electron chi connectivity index (χ3n) is 3.50. The van der Waals surface area contributed by atoms with Gasteiger partial charge in [0, 0.05) is 11.8 Å². The molecule has 0 spiro atoms. The monoisotopic (exact) mass is 255 g/mol. The van der Waals surface area contributed by atoms with Crippen molar-refractivity contribution in [3.05, 3.63) is 53.3 Å². The molecule has 2 heterocycles. The number of nitrogens with one attached hydrogen (secondary N) is 1. The molecule has 0 radical (unpaired) electrons. The van der Waals surface area contributed by atoms with Crippen LogP contribution in [0.2, 0.25) is 0 Å². The van der Waals surface area contributed by atoms with E-state index in [1.165, 1.54) is 11.1 Å². The highest BCUT2D eigenvalue weighted by molar-refractivity contribution is 5.47. The van der Waals surface area contributed by atoms with E-state index >= 15 is 0 Å². The number of aromatic nitrogens is 2. The fourth-order valence-corrected chi connectivity index (χ4v) is 2.62. The minimum absolute atomic E-state index is 0.0866. The predicted octanol–water partition coefficient (Wildman–Crippen LogP) is 2.11. The third kappa shape index (κ3) is 2.31. The SMILES string of the molecule is CNC(c1ccnnc1)c1cccc2c1OCCC2. The van der Waals surface area contributed by atoms with E-state index in [2.05, 4.69) is 33.7 Å². The van der Waals surface area contributed by atoms with Crippen molar-refractivity contribution in [2.24, 2.45) is 0 Å². The summed E-state index contributed by atoms with van der Waals surface area (Å²) in [7, 11) is 1.95. The van der Waals surface area contributed by atoms with E-state index in [0.717, 1.165) is 30.8 Å². The molecule has 0 fully saturated rings. The first-order valence-corrected chi connectivity index (χ1v) is 6.58. The molecule has 0 saturated carbocycles. The predicted molar refractivity (Wildman–Crippen MR) is 73.2 cm³/mol. The second-order valence-corrected chi connectivity index (χ2v) is 4.68. The number of aryl methyl sites for hydroxylation is 1. The van der Waals surface area contributed by atoms with Crippen LogP contribution in [0.3, 0.4) is 0 Å². The molecule has 0 bridgehead atoms. The minimum atomic E-state index is 0.0866. The summed E-state index contributed by atoms with van der Waals surface area (Å²) in [5.74, 6) is 1.03. The average Bonchev–Trinajstić information content (AvgIpc) is 2.49. The van der Waals surface area contributed by atoms with E-state index in [1.54, 1.807) is 12.4 Å². The standard InChI is InChI=1S/C15H17N3O/c1-16-14(12-7-8-17-18-10-12)13-6-2-4-11-5-3-9-19-15(11)13/h2,4,6-8,10,14,16H,3,5,9H2,1H3. The summed E-state index contributed by atoms with van der Waals surface area (Å²) in [6.07, 6.45) is 5.70. The molecular formula is C15H17N3O. The van der Waals surface area contributed by atoms with Crippen LogP contribution in [0.4, 0.5) is 0 Å². The molecule has 2 aromatic rings. The molecule has 1 N–H and O–H groups in total. The Morgan fingerprint density at radius 2 is 2.21 bits per heavy atom. The summed E-state index contributed by atoms with van der Waals surface area (Å²) in [5, 5.41) is 11.1. The van der Waals surface area contributed by atoms with Crippen molar-refractivity contribution in [3.63, 3.8) is 0 Å². The van der Waals surface area contributed by atoms with Gasteiger partial charge in [0.1, 0.15) is 5.75 Å². The lowest BCUT2D eigenvalue weighted by atomic mass is 9.95. The van der Waals surface area contributed by atoms with Crippen molar-refractivity contribution in [1.29, 1.82) is 0 Å². The average molecular weight is 255 g/mol. The zero-order chi connectivity index (χ0) is 13.1. The Balaban J connectivity index is 2.05. The highest BCUT2D eigenvalue weighted by atomic mass is 16.5. The molecule has 19 heavy (non-hydrogen) atoms. The minimum Gasteiger partial charge on any atom is -0.493 e. The molecule has 4 nitrogen and oxygen atoms in total. The van der Waals surface area contributed by atoms with Gasteiger partial charge >= 0.3 is 0 Å². The largest absolute Gasteiger partial charge is 0.493 e. The number of nitrogens with zero attached hydrogens (tertiary/aromatic N) is 2. The first kappa shape index (κ1) is 12.1. The lowest BCUT2D eigenvalue weighted by molar-refractivity contribution is 0.283. The summed E-state index contributed by atoms with van der Waals surface area (Å²) in [6, 6.07) is 8.43. The van der Waals surface area contributed by atoms with Gasteiger partial charge < -0.3 is 10.1 Å². The van der Waals surface area contributed by atoms with Crippen LogP contribution in [0.1, 0.15) is 29.2 Å². The number of fused-ring (bicyclic) bond motifs is 1. The fourth-order valence-electron chi connectivity index (χ4n) is 2.62. The van der Waals surface area contributed by atoms with Gasteiger partial charge in [-0.25, -0.2) is 0 Å². The molecule has 1 aromatic carbocycles. The van der Waals surface area contributed by atoms with Gasteiger partial charge in [0.25, 0.3) is 0 Å². The molecule has 1 aliphatic heterocycles. The lowest BCUT2D eigenvalue weighted by Crippen LogP contribution is -2.21. The summed E-state index contributed by atoms with van der Waals surface area (Å²) in [4.78, 5) is 0. The molecular weight excluding hydrogens is 238 g/mol. The maximum absolute atomic E-state index is 5.88. The van der Waals surface area contributed by atoms with Crippen molar-refractivity contribution in [2.75, 3.05) is 13.7 Å². The Labute approximate surface area is 112 Å². The van der Waals surface area contributed by atoms with Gasteiger partial charge in [-0.2, -0.15) is 10.2 Å². The molecule has 3 rings (SSSR count). The van der Waals surface area contributed by atoms with E-state index < -0.39 is 0 Å². The number of hydrogen-bond donors (Lipinski definition) is 1. The molecule has 4 heteroatoms. The van der Waals surface area contributed by atoms with Gasteiger partial charge in [-0.1, -0.05) is 18.2 Å². The van der Waals surface area contributed by atoms with Gasteiger partial charge in [0.15, 0.2) is 0 Å². The molecule has 1 unspecified atom stereocenters. The zero-order valence-electron chi connectivity index (χ0n) is 11.0. The van der Waals surface area contributed by atoms with Gasteiger partial charge in [-0.3, -0.25) is 0 Å².